The Morgan fingerprint density at radius 3 is 1.26 bits per heavy atom. The number of halogens is 6. The van der Waals surface area contributed by atoms with E-state index in [0.717, 1.165) is 72.8 Å². The van der Waals surface area contributed by atoms with Crippen molar-refractivity contribution in [3.63, 3.8) is 0 Å². The lowest BCUT2D eigenvalue weighted by Gasteiger charge is -2.12. The van der Waals surface area contributed by atoms with Crippen molar-refractivity contribution in [1.29, 1.82) is 0 Å². The summed E-state index contributed by atoms with van der Waals surface area (Å²) in [6.07, 6.45) is 0. The van der Waals surface area contributed by atoms with Crippen LogP contribution in [0.4, 0.5) is 26.3 Å². The third-order valence-corrected chi connectivity index (χ3v) is 5.70. The summed E-state index contributed by atoms with van der Waals surface area (Å²) in [6.45, 7) is 0. The van der Waals surface area contributed by atoms with Crippen LogP contribution >= 0.6 is 0 Å². The molecule has 0 aliphatic rings. The average molecular weight is 526 g/mol. The predicted octanol–water partition coefficient (Wildman–Crippen LogP) is 7.27. The van der Waals surface area contributed by atoms with Crippen molar-refractivity contribution in [2.24, 2.45) is 0 Å². The SMILES string of the molecule is O=C(Oc1ccc2c(F)c(F)c3ccc(OC(=O)c4cccc(F)c4F)cc3c2c1)c1cccc(F)c1F. The lowest BCUT2D eigenvalue weighted by molar-refractivity contribution is 0.0719. The normalized spacial score (nSPS) is 11.1. The fourth-order valence-electron chi connectivity index (χ4n) is 3.89. The molecule has 38 heavy (non-hydrogen) atoms. The highest BCUT2D eigenvalue weighted by Gasteiger charge is 2.21. The van der Waals surface area contributed by atoms with Gasteiger partial charge in [-0.05, 0) is 71.4 Å². The van der Waals surface area contributed by atoms with Crippen molar-refractivity contribution in [2.75, 3.05) is 0 Å². The summed E-state index contributed by atoms with van der Waals surface area (Å²) in [4.78, 5) is 24.8. The Kier molecular flexibility index (Phi) is 6.23. The summed E-state index contributed by atoms with van der Waals surface area (Å²) in [7, 11) is 0. The first-order valence-corrected chi connectivity index (χ1v) is 10.8. The number of hydrogen-bond acceptors (Lipinski definition) is 4. The Morgan fingerprint density at radius 2 is 0.868 bits per heavy atom. The molecular weight excluding hydrogens is 514 g/mol. The number of ether oxygens (including phenoxy) is 2. The lowest BCUT2D eigenvalue weighted by Crippen LogP contribution is -2.12. The van der Waals surface area contributed by atoms with E-state index in [1.165, 1.54) is 0 Å². The molecule has 0 fully saturated rings. The van der Waals surface area contributed by atoms with Crippen LogP contribution in [0.1, 0.15) is 20.7 Å². The van der Waals surface area contributed by atoms with Crippen LogP contribution in [0.25, 0.3) is 21.5 Å². The maximum atomic E-state index is 14.8. The summed E-state index contributed by atoms with van der Waals surface area (Å²) in [5.41, 5.74) is -1.36. The number of hydrogen-bond donors (Lipinski definition) is 0. The van der Waals surface area contributed by atoms with Crippen LogP contribution < -0.4 is 9.47 Å². The molecule has 0 saturated heterocycles. The zero-order chi connectivity index (χ0) is 27.1. The molecule has 0 saturated carbocycles. The highest BCUT2D eigenvalue weighted by Crippen LogP contribution is 2.35. The number of carbonyl (C=O) groups excluding carboxylic acids is 2. The van der Waals surface area contributed by atoms with E-state index in [1.807, 2.05) is 0 Å². The van der Waals surface area contributed by atoms with Crippen LogP contribution in [-0.2, 0) is 0 Å². The molecule has 0 radical (unpaired) electrons. The molecule has 0 aliphatic carbocycles. The summed E-state index contributed by atoms with van der Waals surface area (Å²) in [6, 6.07) is 12.7. The van der Waals surface area contributed by atoms with Gasteiger partial charge in [0, 0.05) is 10.8 Å². The third kappa shape index (κ3) is 4.30. The van der Waals surface area contributed by atoms with Crippen molar-refractivity contribution in [3.8, 4) is 11.5 Å². The van der Waals surface area contributed by atoms with E-state index >= 15 is 0 Å². The van der Waals surface area contributed by atoms with Gasteiger partial charge in [0.05, 0.1) is 11.1 Å². The third-order valence-electron chi connectivity index (χ3n) is 5.70. The van der Waals surface area contributed by atoms with Crippen molar-refractivity contribution in [1.82, 2.24) is 0 Å². The Morgan fingerprint density at radius 1 is 0.474 bits per heavy atom. The molecule has 0 bridgehead atoms. The summed E-state index contributed by atoms with van der Waals surface area (Å²) < 4.78 is 94.7. The van der Waals surface area contributed by atoms with Gasteiger partial charge in [0.2, 0.25) is 0 Å². The average Bonchev–Trinajstić information content (AvgIpc) is 2.90. The first-order valence-electron chi connectivity index (χ1n) is 10.8. The van der Waals surface area contributed by atoms with Crippen LogP contribution in [0.15, 0.2) is 72.8 Å². The Labute approximate surface area is 209 Å². The number of benzene rings is 5. The van der Waals surface area contributed by atoms with Gasteiger partial charge in [-0.3, -0.25) is 0 Å². The van der Waals surface area contributed by atoms with Crippen LogP contribution in [0.5, 0.6) is 11.5 Å². The minimum atomic E-state index is -1.42. The second kappa shape index (κ2) is 9.55. The summed E-state index contributed by atoms with van der Waals surface area (Å²) >= 11 is 0. The van der Waals surface area contributed by atoms with Gasteiger partial charge in [-0.2, -0.15) is 0 Å². The zero-order valence-electron chi connectivity index (χ0n) is 18.8. The Balaban J connectivity index is 1.56. The molecular formula is C28H12F6O4. The van der Waals surface area contributed by atoms with Crippen molar-refractivity contribution < 1.29 is 45.4 Å². The number of fused-ring (bicyclic) bond motifs is 3. The highest BCUT2D eigenvalue weighted by molar-refractivity contribution is 6.09. The Hall–Kier alpha value is -4.86. The number of rotatable bonds is 4. The van der Waals surface area contributed by atoms with Gasteiger partial charge in [0.15, 0.2) is 34.9 Å². The van der Waals surface area contributed by atoms with Crippen LogP contribution in [0, 0.1) is 34.9 Å². The quantitative estimate of drug-likeness (QED) is 0.107. The molecule has 5 aromatic carbocycles. The molecule has 4 nitrogen and oxygen atoms in total. The Bertz CT molecular complexity index is 1650. The molecule has 0 aromatic heterocycles. The topological polar surface area (TPSA) is 52.6 Å². The first kappa shape index (κ1) is 24.8. The molecule has 0 unspecified atom stereocenters. The molecule has 190 valence electrons. The van der Waals surface area contributed by atoms with E-state index in [9.17, 15) is 35.9 Å². The van der Waals surface area contributed by atoms with E-state index in [-0.39, 0.29) is 33.0 Å². The molecule has 0 amide bonds. The summed E-state index contributed by atoms with van der Waals surface area (Å²) in [5.74, 6) is -10.7. The van der Waals surface area contributed by atoms with Crippen LogP contribution in [0.2, 0.25) is 0 Å². The first-order chi connectivity index (χ1) is 18.2. The molecule has 5 aromatic rings. The van der Waals surface area contributed by atoms with Crippen molar-refractivity contribution in [2.45, 2.75) is 0 Å². The predicted molar refractivity (Wildman–Crippen MR) is 124 cm³/mol. The zero-order valence-corrected chi connectivity index (χ0v) is 18.8. The molecule has 0 atom stereocenters. The van der Waals surface area contributed by atoms with Crippen LogP contribution in [-0.4, -0.2) is 11.9 Å². The van der Waals surface area contributed by atoms with E-state index in [2.05, 4.69) is 0 Å². The molecule has 0 aliphatic heterocycles. The molecule has 10 heteroatoms. The van der Waals surface area contributed by atoms with E-state index in [0.29, 0.717) is 0 Å². The highest BCUT2D eigenvalue weighted by atomic mass is 19.2. The monoisotopic (exact) mass is 526 g/mol. The fraction of sp³-hybridized carbons (Fsp3) is 0. The largest absolute Gasteiger partial charge is 0.423 e. The van der Waals surface area contributed by atoms with Gasteiger partial charge in [0.1, 0.15) is 11.5 Å². The maximum absolute atomic E-state index is 14.8. The van der Waals surface area contributed by atoms with Gasteiger partial charge >= 0.3 is 11.9 Å². The fourth-order valence-corrected chi connectivity index (χ4v) is 3.89. The van der Waals surface area contributed by atoms with Crippen molar-refractivity contribution in [3.05, 3.63) is 119 Å². The lowest BCUT2D eigenvalue weighted by atomic mass is 10.00. The summed E-state index contributed by atoms with van der Waals surface area (Å²) in [5, 5.41) is -0.435. The minimum absolute atomic E-state index is 0.0127. The second-order valence-electron chi connectivity index (χ2n) is 8.02. The minimum Gasteiger partial charge on any atom is -0.423 e. The van der Waals surface area contributed by atoms with Gasteiger partial charge < -0.3 is 9.47 Å². The van der Waals surface area contributed by atoms with E-state index in [4.69, 9.17) is 9.47 Å². The van der Waals surface area contributed by atoms with Gasteiger partial charge in [-0.1, -0.05) is 12.1 Å². The number of esters is 2. The standard InChI is InChI=1S/C28H12F6O4/c29-21-5-1-3-17(23(21)31)27(35)37-13-7-9-15-19(11-13)20-12-14(8-10-16(20)26(34)25(15)33)38-28(36)18-4-2-6-22(30)24(18)32/h1-12H. The van der Waals surface area contributed by atoms with E-state index < -0.39 is 58.0 Å². The molecule has 0 N–H and O–H groups in total. The van der Waals surface area contributed by atoms with Crippen LogP contribution in [0.3, 0.4) is 0 Å². The smallest absolute Gasteiger partial charge is 0.346 e. The molecule has 0 spiro atoms. The van der Waals surface area contributed by atoms with E-state index in [1.54, 1.807) is 0 Å². The van der Waals surface area contributed by atoms with Gasteiger partial charge in [-0.25, -0.2) is 35.9 Å². The number of carbonyl (C=O) groups is 2. The van der Waals surface area contributed by atoms with Gasteiger partial charge in [0.25, 0.3) is 0 Å². The second-order valence-corrected chi connectivity index (χ2v) is 8.02. The molecule has 0 heterocycles. The van der Waals surface area contributed by atoms with Crippen molar-refractivity contribution >= 4 is 33.5 Å². The van der Waals surface area contributed by atoms with Gasteiger partial charge in [-0.15, -0.1) is 0 Å². The maximum Gasteiger partial charge on any atom is 0.346 e. The molecule has 5 rings (SSSR count).